The molecule has 0 spiro atoms. The summed E-state index contributed by atoms with van der Waals surface area (Å²) in [7, 11) is 0. The van der Waals surface area contributed by atoms with Crippen molar-refractivity contribution in [1.82, 2.24) is 0 Å². The van der Waals surface area contributed by atoms with Crippen LogP contribution in [0.4, 0.5) is 11.4 Å². The van der Waals surface area contributed by atoms with Gasteiger partial charge in [0.25, 0.3) is 0 Å². The Morgan fingerprint density at radius 2 is 1.44 bits per heavy atom. The maximum atomic E-state index is 13.0. The zero-order valence-corrected chi connectivity index (χ0v) is 15.5. The predicted molar refractivity (Wildman–Crippen MR) is 111 cm³/mol. The number of hydrogen-bond acceptors (Lipinski definition) is 3. The van der Waals surface area contributed by atoms with E-state index in [0.717, 1.165) is 5.69 Å². The SMILES string of the molecule is O=C1c2ccccc2C(=O)c2c(NC(=S)Nc3cccc(Cl)c3)cccc21. The number of nitrogens with one attached hydrogen (secondary N) is 2. The molecule has 4 nitrogen and oxygen atoms in total. The molecule has 0 atom stereocenters. The average Bonchev–Trinajstić information content (AvgIpc) is 2.66. The number of hydrogen-bond donors (Lipinski definition) is 2. The average molecular weight is 393 g/mol. The largest absolute Gasteiger partial charge is 0.332 e. The molecular formula is C21H13ClN2O2S. The minimum atomic E-state index is -0.200. The Hall–Kier alpha value is -3.02. The number of carbonyl (C=O) groups excluding carboxylic acids is 2. The van der Waals surface area contributed by atoms with Gasteiger partial charge in [0.1, 0.15) is 0 Å². The van der Waals surface area contributed by atoms with Gasteiger partial charge in [-0.25, -0.2) is 0 Å². The van der Waals surface area contributed by atoms with E-state index in [1.54, 1.807) is 60.7 Å². The second kappa shape index (κ2) is 6.95. The van der Waals surface area contributed by atoms with E-state index >= 15 is 0 Å². The number of halogens is 1. The van der Waals surface area contributed by atoms with Crippen molar-refractivity contribution in [3.63, 3.8) is 0 Å². The first-order valence-electron chi connectivity index (χ1n) is 8.19. The molecule has 0 saturated heterocycles. The molecule has 2 N–H and O–H groups in total. The van der Waals surface area contributed by atoms with Crippen LogP contribution in [0.5, 0.6) is 0 Å². The Labute approximate surface area is 166 Å². The molecule has 3 aromatic rings. The molecule has 1 aliphatic carbocycles. The summed E-state index contributed by atoms with van der Waals surface area (Å²) in [5.41, 5.74) is 2.73. The molecule has 0 saturated carbocycles. The van der Waals surface area contributed by atoms with Crippen LogP contribution in [0, 0.1) is 0 Å². The maximum absolute atomic E-state index is 13.0. The zero-order chi connectivity index (χ0) is 19.0. The van der Waals surface area contributed by atoms with Crippen molar-refractivity contribution in [2.75, 3.05) is 10.6 Å². The lowest BCUT2D eigenvalue weighted by Crippen LogP contribution is -2.25. The van der Waals surface area contributed by atoms with Crippen LogP contribution >= 0.6 is 23.8 Å². The third-order valence-corrected chi connectivity index (χ3v) is 4.72. The highest BCUT2D eigenvalue weighted by atomic mass is 35.5. The standard InChI is InChI=1S/C21H13ClN2O2S/c22-12-5-3-6-13(11-12)23-21(27)24-17-10-4-9-16-18(17)20(26)15-8-2-1-7-14(15)19(16)25/h1-11H,(H2,23,24,27). The topological polar surface area (TPSA) is 58.2 Å². The van der Waals surface area contributed by atoms with E-state index < -0.39 is 0 Å². The smallest absolute Gasteiger partial charge is 0.196 e. The van der Waals surface area contributed by atoms with E-state index in [0.29, 0.717) is 38.1 Å². The molecule has 0 aliphatic heterocycles. The van der Waals surface area contributed by atoms with Gasteiger partial charge < -0.3 is 10.6 Å². The monoisotopic (exact) mass is 392 g/mol. The Balaban J connectivity index is 1.67. The molecule has 0 amide bonds. The second-order valence-corrected chi connectivity index (χ2v) is 6.87. The van der Waals surface area contributed by atoms with Crippen LogP contribution in [0.3, 0.4) is 0 Å². The Morgan fingerprint density at radius 3 is 2.19 bits per heavy atom. The highest BCUT2D eigenvalue weighted by Gasteiger charge is 2.31. The number of thiocarbonyl (C=S) groups is 1. The van der Waals surface area contributed by atoms with E-state index in [2.05, 4.69) is 10.6 Å². The molecule has 1 aliphatic rings. The van der Waals surface area contributed by atoms with Crippen molar-refractivity contribution in [3.8, 4) is 0 Å². The first-order valence-corrected chi connectivity index (χ1v) is 8.98. The molecule has 132 valence electrons. The van der Waals surface area contributed by atoms with Gasteiger partial charge in [0.05, 0.1) is 11.3 Å². The minimum absolute atomic E-state index is 0.169. The lowest BCUT2D eigenvalue weighted by molar-refractivity contribution is 0.0979. The number of fused-ring (bicyclic) bond motifs is 2. The first kappa shape index (κ1) is 17.4. The summed E-state index contributed by atoms with van der Waals surface area (Å²) in [5, 5.41) is 6.92. The van der Waals surface area contributed by atoms with Crippen LogP contribution in [-0.4, -0.2) is 16.7 Å². The van der Waals surface area contributed by atoms with E-state index in [1.807, 2.05) is 6.07 Å². The van der Waals surface area contributed by atoms with Crippen molar-refractivity contribution in [3.05, 3.63) is 94.0 Å². The van der Waals surface area contributed by atoms with Gasteiger partial charge in [-0.15, -0.1) is 0 Å². The first-order chi connectivity index (χ1) is 13.0. The molecule has 0 radical (unpaired) electrons. The second-order valence-electron chi connectivity index (χ2n) is 6.02. The lowest BCUT2D eigenvalue weighted by atomic mass is 9.83. The third-order valence-electron chi connectivity index (χ3n) is 4.28. The molecule has 0 unspecified atom stereocenters. The lowest BCUT2D eigenvalue weighted by Gasteiger charge is -2.21. The van der Waals surface area contributed by atoms with Gasteiger partial charge in [0, 0.05) is 27.4 Å². The maximum Gasteiger partial charge on any atom is 0.196 e. The summed E-state index contributed by atoms with van der Waals surface area (Å²) in [6.45, 7) is 0. The Kier molecular flexibility index (Phi) is 4.48. The van der Waals surface area contributed by atoms with Crippen LogP contribution in [0.2, 0.25) is 5.02 Å². The fourth-order valence-corrected chi connectivity index (χ4v) is 3.52. The summed E-state index contributed by atoms with van der Waals surface area (Å²) in [4.78, 5) is 25.8. The van der Waals surface area contributed by atoms with Crippen molar-refractivity contribution >= 4 is 51.9 Å². The zero-order valence-electron chi connectivity index (χ0n) is 14.0. The van der Waals surface area contributed by atoms with Crippen molar-refractivity contribution in [2.45, 2.75) is 0 Å². The van der Waals surface area contributed by atoms with Gasteiger partial charge >= 0.3 is 0 Å². The molecule has 0 fully saturated rings. The molecule has 4 rings (SSSR count). The van der Waals surface area contributed by atoms with Crippen molar-refractivity contribution in [1.29, 1.82) is 0 Å². The molecule has 3 aromatic carbocycles. The van der Waals surface area contributed by atoms with Crippen LogP contribution in [0.15, 0.2) is 66.7 Å². The van der Waals surface area contributed by atoms with Crippen LogP contribution in [0.25, 0.3) is 0 Å². The van der Waals surface area contributed by atoms with Crippen molar-refractivity contribution < 1.29 is 9.59 Å². The Morgan fingerprint density at radius 1 is 0.778 bits per heavy atom. The summed E-state index contributed by atoms with van der Waals surface area (Å²) >= 11 is 11.3. The molecule has 0 bridgehead atoms. The quantitative estimate of drug-likeness (QED) is 0.474. The molecule has 6 heteroatoms. The number of anilines is 2. The van der Waals surface area contributed by atoms with E-state index in [1.165, 1.54) is 0 Å². The fraction of sp³-hybridized carbons (Fsp3) is 0. The van der Waals surface area contributed by atoms with Crippen LogP contribution in [-0.2, 0) is 0 Å². The van der Waals surface area contributed by atoms with Gasteiger partial charge in [-0.05, 0) is 36.5 Å². The Bertz CT molecular complexity index is 1110. The number of benzene rings is 3. The fourth-order valence-electron chi connectivity index (χ4n) is 3.10. The highest BCUT2D eigenvalue weighted by Crippen LogP contribution is 2.32. The number of rotatable bonds is 2. The van der Waals surface area contributed by atoms with Crippen molar-refractivity contribution in [2.24, 2.45) is 0 Å². The summed E-state index contributed by atoms with van der Waals surface area (Å²) < 4.78 is 0. The van der Waals surface area contributed by atoms with E-state index in [-0.39, 0.29) is 11.6 Å². The highest BCUT2D eigenvalue weighted by molar-refractivity contribution is 7.80. The number of carbonyl (C=O) groups is 2. The normalized spacial score (nSPS) is 12.2. The summed E-state index contributed by atoms with van der Waals surface area (Å²) in [6.07, 6.45) is 0. The summed E-state index contributed by atoms with van der Waals surface area (Å²) in [6, 6.07) is 19.1. The van der Waals surface area contributed by atoms with E-state index in [9.17, 15) is 9.59 Å². The van der Waals surface area contributed by atoms with Gasteiger partial charge in [-0.1, -0.05) is 54.1 Å². The third kappa shape index (κ3) is 3.23. The van der Waals surface area contributed by atoms with Gasteiger partial charge in [0.2, 0.25) is 0 Å². The molecule has 27 heavy (non-hydrogen) atoms. The van der Waals surface area contributed by atoms with Gasteiger partial charge in [0.15, 0.2) is 16.7 Å². The molecule has 0 aromatic heterocycles. The van der Waals surface area contributed by atoms with Crippen LogP contribution < -0.4 is 10.6 Å². The van der Waals surface area contributed by atoms with Crippen LogP contribution in [0.1, 0.15) is 31.8 Å². The van der Waals surface area contributed by atoms with E-state index in [4.69, 9.17) is 23.8 Å². The predicted octanol–water partition coefficient (Wildman–Crippen LogP) is 4.92. The molecule has 0 heterocycles. The molecular weight excluding hydrogens is 380 g/mol. The minimum Gasteiger partial charge on any atom is -0.332 e. The number of ketones is 2. The van der Waals surface area contributed by atoms with Gasteiger partial charge in [-0.2, -0.15) is 0 Å². The van der Waals surface area contributed by atoms with Gasteiger partial charge in [-0.3, -0.25) is 9.59 Å². The summed E-state index contributed by atoms with van der Waals surface area (Å²) in [5.74, 6) is -0.369.